The molecule has 2 aromatic rings. The molecule has 0 N–H and O–H groups in total. The second-order valence-corrected chi connectivity index (χ2v) is 6.88. The summed E-state index contributed by atoms with van der Waals surface area (Å²) in [6, 6.07) is 16.7. The third-order valence-corrected chi connectivity index (χ3v) is 4.01. The molecular weight excluding hydrogens is 358 g/mol. The molecular formula is C16H16As2O. The first kappa shape index (κ1) is 14.3. The fraction of sp³-hybridized carbons (Fsp3) is 0. The van der Waals surface area contributed by atoms with Gasteiger partial charge >= 0.3 is 131 Å². The first-order valence-corrected chi connectivity index (χ1v) is 8.36. The van der Waals surface area contributed by atoms with E-state index in [1.807, 2.05) is 12.2 Å². The maximum absolute atomic E-state index is 5.37. The zero-order valence-electron chi connectivity index (χ0n) is 10.5. The predicted octanol–water partition coefficient (Wildman–Crippen LogP) is 0.862. The Labute approximate surface area is 131 Å². The molecule has 0 radical (unpaired) electrons. The third-order valence-electron chi connectivity index (χ3n) is 2.50. The molecule has 2 unspecified atom stereocenters. The Hall–Kier alpha value is -1.16. The number of rotatable bonds is 4. The average Bonchev–Trinajstić information content (AvgIpc) is 2.38. The Kier molecular flexibility index (Phi) is 5.57. The van der Waals surface area contributed by atoms with E-state index in [9.17, 15) is 0 Å². The van der Waals surface area contributed by atoms with Gasteiger partial charge in [0.2, 0.25) is 0 Å². The first-order chi connectivity index (χ1) is 9.24. The molecule has 0 saturated heterocycles. The van der Waals surface area contributed by atoms with Crippen LogP contribution in [0.1, 0.15) is 11.1 Å². The van der Waals surface area contributed by atoms with Crippen molar-refractivity contribution in [3.63, 3.8) is 0 Å². The van der Waals surface area contributed by atoms with Crippen molar-refractivity contribution in [2.45, 2.75) is 0 Å². The van der Waals surface area contributed by atoms with Crippen LogP contribution >= 0.6 is 0 Å². The molecule has 0 aliphatic rings. The molecule has 2 aromatic carbocycles. The Morgan fingerprint density at radius 2 is 1.21 bits per heavy atom. The van der Waals surface area contributed by atoms with Gasteiger partial charge in [0.05, 0.1) is 0 Å². The van der Waals surface area contributed by atoms with Gasteiger partial charge in [0.15, 0.2) is 0 Å². The number of hydrogen-bond acceptors (Lipinski definition) is 1. The van der Waals surface area contributed by atoms with Crippen molar-refractivity contribution in [3.05, 3.63) is 72.2 Å². The minimum absolute atomic E-state index is 1.16. The van der Waals surface area contributed by atoms with Gasteiger partial charge in [-0.25, -0.2) is 0 Å². The molecule has 2 atom stereocenters. The van der Waals surface area contributed by atoms with Gasteiger partial charge in [-0.05, 0) is 0 Å². The summed E-state index contributed by atoms with van der Waals surface area (Å²) in [6.07, 6.45) is 7.34. The molecule has 1 nitrogen and oxygen atoms in total. The standard InChI is InChI=1S/C16H16As2O/c17-15-5-1-3-13(11-15)7-9-19-10-8-14-4-2-6-16(18)12-14/h1-12H,17-18H2. The fourth-order valence-electron chi connectivity index (χ4n) is 1.61. The minimum atomic E-state index is 1.16. The van der Waals surface area contributed by atoms with Crippen LogP contribution in [0.5, 0.6) is 0 Å². The summed E-state index contributed by atoms with van der Waals surface area (Å²) in [5, 5.41) is 0. The Balaban J connectivity index is 1.90. The molecule has 0 spiro atoms. The molecule has 3 heteroatoms. The van der Waals surface area contributed by atoms with Crippen LogP contribution in [0.15, 0.2) is 61.1 Å². The Morgan fingerprint density at radius 1 is 0.737 bits per heavy atom. The summed E-state index contributed by atoms with van der Waals surface area (Å²) in [5.74, 6) is 0. The molecule has 0 amide bonds. The van der Waals surface area contributed by atoms with Gasteiger partial charge in [0.25, 0.3) is 0 Å². The molecule has 0 aliphatic heterocycles. The van der Waals surface area contributed by atoms with Gasteiger partial charge in [0.1, 0.15) is 0 Å². The Morgan fingerprint density at radius 3 is 1.63 bits per heavy atom. The Bertz CT molecular complexity index is 550. The maximum atomic E-state index is 5.37. The van der Waals surface area contributed by atoms with E-state index < -0.39 is 0 Å². The summed E-state index contributed by atoms with van der Waals surface area (Å²) < 4.78 is 7.99. The van der Waals surface area contributed by atoms with Crippen molar-refractivity contribution in [1.82, 2.24) is 0 Å². The molecule has 0 aromatic heterocycles. The van der Waals surface area contributed by atoms with Crippen LogP contribution in [0.2, 0.25) is 0 Å². The molecule has 2 rings (SSSR count). The SMILES string of the molecule is [AsH2]c1cccc(C=COC=Cc2cccc([AsH2])c2)c1. The first-order valence-electron chi connectivity index (χ1n) is 5.94. The molecule has 0 bridgehead atoms. The number of benzene rings is 2. The van der Waals surface area contributed by atoms with Gasteiger partial charge < -0.3 is 0 Å². The van der Waals surface area contributed by atoms with Crippen LogP contribution in [0.3, 0.4) is 0 Å². The fourth-order valence-corrected chi connectivity index (χ4v) is 2.88. The van der Waals surface area contributed by atoms with Gasteiger partial charge in [-0.1, -0.05) is 0 Å². The summed E-state index contributed by atoms with van der Waals surface area (Å²) in [7, 11) is 0. The monoisotopic (exact) mass is 374 g/mol. The molecule has 19 heavy (non-hydrogen) atoms. The van der Waals surface area contributed by atoms with E-state index in [-0.39, 0.29) is 0 Å². The van der Waals surface area contributed by atoms with E-state index in [4.69, 9.17) is 4.74 Å². The quantitative estimate of drug-likeness (QED) is 0.570. The van der Waals surface area contributed by atoms with Crippen molar-refractivity contribution in [3.8, 4) is 0 Å². The van der Waals surface area contributed by atoms with E-state index in [2.05, 4.69) is 48.5 Å². The average molecular weight is 374 g/mol. The number of hydrogen-bond donors (Lipinski definition) is 0. The van der Waals surface area contributed by atoms with Crippen molar-refractivity contribution >= 4 is 54.6 Å². The molecule has 0 aliphatic carbocycles. The van der Waals surface area contributed by atoms with Gasteiger partial charge in [0, 0.05) is 0 Å². The van der Waals surface area contributed by atoms with E-state index in [1.165, 1.54) is 8.70 Å². The van der Waals surface area contributed by atoms with Crippen molar-refractivity contribution in [2.24, 2.45) is 0 Å². The van der Waals surface area contributed by atoms with Crippen LogP contribution in [0.25, 0.3) is 12.2 Å². The van der Waals surface area contributed by atoms with Gasteiger partial charge in [-0.3, -0.25) is 0 Å². The van der Waals surface area contributed by atoms with Crippen molar-refractivity contribution < 1.29 is 4.74 Å². The normalized spacial score (nSPS) is 11.3. The van der Waals surface area contributed by atoms with E-state index in [0.29, 0.717) is 0 Å². The van der Waals surface area contributed by atoms with Gasteiger partial charge in [-0.2, -0.15) is 0 Å². The summed E-state index contributed by atoms with van der Waals surface area (Å²) in [4.78, 5) is 0. The summed E-state index contributed by atoms with van der Waals surface area (Å²) in [6.45, 7) is 0. The van der Waals surface area contributed by atoms with E-state index >= 15 is 0 Å². The van der Waals surface area contributed by atoms with Crippen LogP contribution < -0.4 is 8.70 Å². The molecule has 0 heterocycles. The summed E-state index contributed by atoms with van der Waals surface area (Å²) in [5.41, 5.74) is 2.32. The van der Waals surface area contributed by atoms with E-state index in [1.54, 1.807) is 46.2 Å². The summed E-state index contributed by atoms with van der Waals surface area (Å²) >= 11 is 3.26. The number of ether oxygens (including phenoxy) is 1. The van der Waals surface area contributed by atoms with Crippen LogP contribution in [0, 0.1) is 0 Å². The topological polar surface area (TPSA) is 9.23 Å². The zero-order chi connectivity index (χ0) is 13.5. The van der Waals surface area contributed by atoms with Crippen LogP contribution in [0.4, 0.5) is 0 Å². The molecule has 96 valence electrons. The van der Waals surface area contributed by atoms with Crippen molar-refractivity contribution in [2.75, 3.05) is 0 Å². The molecule has 0 fully saturated rings. The van der Waals surface area contributed by atoms with Gasteiger partial charge in [-0.15, -0.1) is 0 Å². The van der Waals surface area contributed by atoms with Crippen LogP contribution in [-0.4, -0.2) is 33.7 Å². The van der Waals surface area contributed by atoms with E-state index in [0.717, 1.165) is 11.1 Å². The second-order valence-electron chi connectivity index (χ2n) is 4.08. The molecule has 0 saturated carbocycles. The predicted molar refractivity (Wildman–Crippen MR) is 88.4 cm³/mol. The van der Waals surface area contributed by atoms with Crippen LogP contribution in [-0.2, 0) is 4.74 Å². The second kappa shape index (κ2) is 7.43. The van der Waals surface area contributed by atoms with Crippen molar-refractivity contribution in [1.29, 1.82) is 0 Å². The third kappa shape index (κ3) is 5.15. The zero-order valence-corrected chi connectivity index (χ0v) is 15.3.